The van der Waals surface area contributed by atoms with E-state index < -0.39 is 5.82 Å². The van der Waals surface area contributed by atoms with Crippen LogP contribution in [0.15, 0.2) is 55.0 Å². The van der Waals surface area contributed by atoms with Gasteiger partial charge in [-0.3, -0.25) is 0 Å². The molecule has 31 heavy (non-hydrogen) atoms. The SMILES string of the molecule is COc1ccccc1N1CCN(c2ncnc3c2cnn3-c2cccc(Cl)c2F)CC1. The second-order valence-corrected chi connectivity index (χ2v) is 7.62. The van der Waals surface area contributed by atoms with E-state index in [2.05, 4.69) is 30.9 Å². The number of methoxy groups -OCH3 is 1. The molecule has 0 amide bonds. The van der Waals surface area contributed by atoms with Crippen molar-refractivity contribution >= 4 is 34.1 Å². The van der Waals surface area contributed by atoms with Crippen molar-refractivity contribution in [3.63, 3.8) is 0 Å². The maximum Gasteiger partial charge on any atom is 0.168 e. The average molecular weight is 439 g/mol. The van der Waals surface area contributed by atoms with Crippen molar-refractivity contribution in [2.45, 2.75) is 0 Å². The summed E-state index contributed by atoms with van der Waals surface area (Å²) in [6, 6.07) is 12.8. The van der Waals surface area contributed by atoms with Crippen molar-refractivity contribution in [3.05, 3.63) is 65.8 Å². The van der Waals surface area contributed by atoms with E-state index in [9.17, 15) is 4.39 Å². The fraction of sp³-hybridized carbons (Fsp3) is 0.227. The van der Waals surface area contributed by atoms with Gasteiger partial charge < -0.3 is 14.5 Å². The zero-order valence-corrected chi connectivity index (χ0v) is 17.6. The largest absolute Gasteiger partial charge is 0.495 e. The van der Waals surface area contributed by atoms with Crippen molar-refractivity contribution in [2.24, 2.45) is 0 Å². The summed E-state index contributed by atoms with van der Waals surface area (Å²) in [4.78, 5) is 13.4. The van der Waals surface area contributed by atoms with Gasteiger partial charge in [0.05, 0.1) is 29.4 Å². The topological polar surface area (TPSA) is 59.3 Å². The van der Waals surface area contributed by atoms with E-state index in [1.165, 1.54) is 17.1 Å². The molecular formula is C22H20ClFN6O. The molecule has 0 N–H and O–H groups in total. The first-order valence-corrected chi connectivity index (χ1v) is 10.3. The third-order valence-corrected chi connectivity index (χ3v) is 5.80. The van der Waals surface area contributed by atoms with Gasteiger partial charge in [-0.2, -0.15) is 5.10 Å². The monoisotopic (exact) mass is 438 g/mol. The lowest BCUT2D eigenvalue weighted by molar-refractivity contribution is 0.413. The fourth-order valence-corrected chi connectivity index (χ4v) is 4.14. The van der Waals surface area contributed by atoms with Crippen LogP contribution in [0.1, 0.15) is 0 Å². The lowest BCUT2D eigenvalue weighted by Gasteiger charge is -2.37. The molecule has 2 aromatic carbocycles. The summed E-state index contributed by atoms with van der Waals surface area (Å²) < 4.78 is 21.5. The Bertz CT molecular complexity index is 1240. The number of aromatic nitrogens is 4. The number of anilines is 2. The van der Waals surface area contributed by atoms with E-state index in [1.54, 1.807) is 25.4 Å². The highest BCUT2D eigenvalue weighted by Gasteiger charge is 2.23. The van der Waals surface area contributed by atoms with Gasteiger partial charge in [0.15, 0.2) is 11.5 Å². The molecule has 158 valence electrons. The van der Waals surface area contributed by atoms with Crippen LogP contribution < -0.4 is 14.5 Å². The van der Waals surface area contributed by atoms with Crippen molar-refractivity contribution in [3.8, 4) is 11.4 Å². The molecule has 0 aliphatic carbocycles. The van der Waals surface area contributed by atoms with Crippen LogP contribution in [-0.2, 0) is 0 Å². The summed E-state index contributed by atoms with van der Waals surface area (Å²) in [6.45, 7) is 3.20. The number of nitrogens with zero attached hydrogens (tertiary/aromatic N) is 6. The van der Waals surface area contributed by atoms with Crippen LogP contribution in [0.2, 0.25) is 5.02 Å². The molecule has 4 aromatic rings. The lowest BCUT2D eigenvalue weighted by atomic mass is 10.2. The van der Waals surface area contributed by atoms with Gasteiger partial charge in [-0.05, 0) is 24.3 Å². The standard InChI is InChI=1S/C22H20ClFN6O/c1-31-19-8-3-2-6-17(19)28-9-11-29(12-10-28)21-15-13-27-30(22(15)26-14-25-21)18-7-4-5-16(23)20(18)24/h2-8,13-14H,9-12H2,1H3. The predicted octanol–water partition coefficient (Wildman–Crippen LogP) is 3.94. The number of hydrogen-bond donors (Lipinski definition) is 0. The van der Waals surface area contributed by atoms with Crippen LogP contribution >= 0.6 is 11.6 Å². The lowest BCUT2D eigenvalue weighted by Crippen LogP contribution is -2.47. The Morgan fingerprint density at radius 1 is 0.935 bits per heavy atom. The van der Waals surface area contributed by atoms with Crippen LogP contribution in [0.3, 0.4) is 0 Å². The van der Waals surface area contributed by atoms with Gasteiger partial charge in [0.25, 0.3) is 0 Å². The Balaban J connectivity index is 1.43. The molecular weight excluding hydrogens is 419 g/mol. The first-order valence-electron chi connectivity index (χ1n) is 9.93. The van der Waals surface area contributed by atoms with E-state index in [0.29, 0.717) is 5.65 Å². The number of piperazine rings is 1. The Morgan fingerprint density at radius 3 is 2.48 bits per heavy atom. The number of rotatable bonds is 4. The molecule has 9 heteroatoms. The van der Waals surface area contributed by atoms with Crippen LogP contribution in [0.4, 0.5) is 15.9 Å². The highest BCUT2D eigenvalue weighted by atomic mass is 35.5. The Morgan fingerprint density at radius 2 is 1.68 bits per heavy atom. The van der Waals surface area contributed by atoms with Crippen LogP contribution in [0.25, 0.3) is 16.7 Å². The van der Waals surface area contributed by atoms with Gasteiger partial charge >= 0.3 is 0 Å². The van der Waals surface area contributed by atoms with Gasteiger partial charge in [0, 0.05) is 26.2 Å². The molecule has 3 heterocycles. The number of halogens is 2. The summed E-state index contributed by atoms with van der Waals surface area (Å²) in [7, 11) is 1.69. The summed E-state index contributed by atoms with van der Waals surface area (Å²) in [5.41, 5.74) is 1.88. The Labute approximate surface area is 183 Å². The number of fused-ring (bicyclic) bond motifs is 1. The summed E-state index contributed by atoms with van der Waals surface area (Å²) in [5.74, 6) is 1.13. The van der Waals surface area contributed by atoms with E-state index in [-0.39, 0.29) is 10.7 Å². The third kappa shape index (κ3) is 3.42. The van der Waals surface area contributed by atoms with E-state index in [4.69, 9.17) is 16.3 Å². The molecule has 0 atom stereocenters. The number of para-hydroxylation sites is 2. The second kappa shape index (κ2) is 8.03. The van der Waals surface area contributed by atoms with Gasteiger partial charge in [-0.15, -0.1) is 0 Å². The van der Waals surface area contributed by atoms with Gasteiger partial charge in [0.2, 0.25) is 0 Å². The van der Waals surface area contributed by atoms with E-state index in [0.717, 1.165) is 48.8 Å². The molecule has 7 nitrogen and oxygen atoms in total. The average Bonchev–Trinajstić information content (AvgIpc) is 3.25. The van der Waals surface area contributed by atoms with Crippen molar-refractivity contribution in [2.75, 3.05) is 43.1 Å². The first kappa shape index (κ1) is 19.6. The molecule has 5 rings (SSSR count). The fourth-order valence-electron chi connectivity index (χ4n) is 3.97. The minimum absolute atomic E-state index is 0.0443. The van der Waals surface area contributed by atoms with Crippen LogP contribution in [0.5, 0.6) is 5.75 Å². The van der Waals surface area contributed by atoms with Crippen molar-refractivity contribution in [1.82, 2.24) is 19.7 Å². The van der Waals surface area contributed by atoms with Gasteiger partial charge in [-0.1, -0.05) is 29.8 Å². The normalized spacial score (nSPS) is 14.3. The molecule has 1 aliphatic heterocycles. The molecule has 0 spiro atoms. The van der Waals surface area contributed by atoms with E-state index >= 15 is 0 Å². The summed E-state index contributed by atoms with van der Waals surface area (Å²) >= 11 is 5.95. The highest BCUT2D eigenvalue weighted by Crippen LogP contribution is 2.31. The molecule has 0 saturated carbocycles. The van der Waals surface area contributed by atoms with E-state index in [1.807, 2.05) is 18.2 Å². The van der Waals surface area contributed by atoms with Crippen molar-refractivity contribution in [1.29, 1.82) is 0 Å². The smallest absolute Gasteiger partial charge is 0.168 e. The molecule has 0 radical (unpaired) electrons. The minimum atomic E-state index is -0.528. The number of benzene rings is 2. The maximum atomic E-state index is 14.6. The Hall–Kier alpha value is -3.39. The maximum absolute atomic E-state index is 14.6. The van der Waals surface area contributed by atoms with Crippen LogP contribution in [0, 0.1) is 5.82 Å². The van der Waals surface area contributed by atoms with Crippen LogP contribution in [-0.4, -0.2) is 53.0 Å². The summed E-state index contributed by atoms with van der Waals surface area (Å²) in [5, 5.41) is 5.19. The quantitative estimate of drug-likeness (QED) is 0.481. The summed E-state index contributed by atoms with van der Waals surface area (Å²) in [6.07, 6.45) is 3.17. The van der Waals surface area contributed by atoms with Gasteiger partial charge in [-0.25, -0.2) is 19.0 Å². The molecule has 0 unspecified atom stereocenters. The zero-order valence-electron chi connectivity index (χ0n) is 16.9. The van der Waals surface area contributed by atoms with Crippen molar-refractivity contribution < 1.29 is 9.13 Å². The molecule has 1 saturated heterocycles. The Kier molecular flexibility index (Phi) is 5.07. The zero-order chi connectivity index (χ0) is 21.4. The molecule has 0 bridgehead atoms. The van der Waals surface area contributed by atoms with Gasteiger partial charge in [0.1, 0.15) is 23.6 Å². The minimum Gasteiger partial charge on any atom is -0.495 e. The number of hydrogen-bond acceptors (Lipinski definition) is 6. The highest BCUT2D eigenvalue weighted by molar-refractivity contribution is 6.30. The molecule has 1 aliphatic rings. The predicted molar refractivity (Wildman–Crippen MR) is 119 cm³/mol. The first-order chi connectivity index (χ1) is 15.2. The molecule has 1 fully saturated rings. The number of ether oxygens (including phenoxy) is 1. The molecule has 2 aromatic heterocycles. The third-order valence-electron chi connectivity index (χ3n) is 5.51. The second-order valence-electron chi connectivity index (χ2n) is 7.21.